The number of carbonyl (C=O) groups excluding carboxylic acids is 1. The summed E-state index contributed by atoms with van der Waals surface area (Å²) in [5.41, 5.74) is 0. The molecule has 0 saturated heterocycles. The van der Waals surface area contributed by atoms with E-state index in [9.17, 15) is 4.79 Å². The fourth-order valence-corrected chi connectivity index (χ4v) is 1.63. The molecule has 6 nitrogen and oxygen atoms in total. The van der Waals surface area contributed by atoms with Crippen molar-refractivity contribution < 1.29 is 4.79 Å². The summed E-state index contributed by atoms with van der Waals surface area (Å²) in [6, 6.07) is 0.0747. The van der Waals surface area contributed by atoms with E-state index in [2.05, 4.69) is 27.4 Å². The summed E-state index contributed by atoms with van der Waals surface area (Å²) in [4.78, 5) is 17.9. The van der Waals surface area contributed by atoms with Gasteiger partial charge < -0.3 is 10.2 Å². The summed E-state index contributed by atoms with van der Waals surface area (Å²) in [6.45, 7) is 4.80. The number of aryl methyl sites for hydroxylation is 1. The third-order valence-electron chi connectivity index (χ3n) is 2.24. The van der Waals surface area contributed by atoms with Crippen molar-refractivity contribution in [3.05, 3.63) is 11.6 Å². The average molecular weight is 239 g/mol. The lowest BCUT2D eigenvalue weighted by atomic mass is 10.3. The Morgan fingerprint density at radius 3 is 2.82 bits per heavy atom. The number of aromatic nitrogens is 3. The van der Waals surface area contributed by atoms with E-state index in [1.807, 2.05) is 25.9 Å². The molecule has 0 bridgehead atoms. The second-order valence-corrected chi connectivity index (χ2v) is 4.49. The van der Waals surface area contributed by atoms with Crippen LogP contribution in [0.2, 0.25) is 0 Å². The first-order chi connectivity index (χ1) is 8.02. The Kier molecular flexibility index (Phi) is 5.09. The smallest absolute Gasteiger partial charge is 0.291 e. The van der Waals surface area contributed by atoms with Crippen molar-refractivity contribution in [2.24, 2.45) is 0 Å². The van der Waals surface area contributed by atoms with E-state index in [0.29, 0.717) is 0 Å². The summed E-state index contributed by atoms with van der Waals surface area (Å²) >= 11 is 0. The van der Waals surface area contributed by atoms with Crippen molar-refractivity contribution in [2.45, 2.75) is 32.7 Å². The number of hydrogen-bond donors (Lipinski definition) is 2. The number of rotatable bonds is 6. The van der Waals surface area contributed by atoms with E-state index in [1.54, 1.807) is 0 Å². The van der Waals surface area contributed by atoms with Crippen LogP contribution in [-0.2, 0) is 6.42 Å². The van der Waals surface area contributed by atoms with E-state index < -0.39 is 0 Å². The highest BCUT2D eigenvalue weighted by atomic mass is 16.2. The van der Waals surface area contributed by atoms with Crippen LogP contribution >= 0.6 is 0 Å². The van der Waals surface area contributed by atoms with Gasteiger partial charge in [-0.3, -0.25) is 9.89 Å². The van der Waals surface area contributed by atoms with E-state index in [1.165, 1.54) is 0 Å². The maximum Gasteiger partial charge on any atom is 0.291 e. The van der Waals surface area contributed by atoms with Gasteiger partial charge in [-0.1, -0.05) is 6.92 Å². The molecule has 6 heteroatoms. The molecule has 0 aromatic carbocycles. The molecule has 1 atom stereocenters. The zero-order valence-corrected chi connectivity index (χ0v) is 10.9. The van der Waals surface area contributed by atoms with Gasteiger partial charge in [0.2, 0.25) is 5.82 Å². The van der Waals surface area contributed by atoms with Crippen molar-refractivity contribution in [2.75, 3.05) is 20.6 Å². The summed E-state index contributed by atoms with van der Waals surface area (Å²) in [7, 11) is 3.93. The monoisotopic (exact) mass is 239 g/mol. The molecule has 1 unspecified atom stereocenters. The quantitative estimate of drug-likeness (QED) is 0.755. The van der Waals surface area contributed by atoms with Crippen molar-refractivity contribution in [3.63, 3.8) is 0 Å². The first kappa shape index (κ1) is 13.6. The maximum absolute atomic E-state index is 11.8. The van der Waals surface area contributed by atoms with Gasteiger partial charge >= 0.3 is 0 Å². The van der Waals surface area contributed by atoms with Crippen LogP contribution in [0.25, 0.3) is 0 Å². The van der Waals surface area contributed by atoms with Crippen molar-refractivity contribution in [1.82, 2.24) is 25.4 Å². The minimum absolute atomic E-state index is 0.0747. The van der Waals surface area contributed by atoms with Crippen LogP contribution in [0.5, 0.6) is 0 Å². The molecule has 0 spiro atoms. The molecule has 1 aromatic heterocycles. The minimum atomic E-state index is -0.224. The number of H-pyrrole nitrogens is 1. The van der Waals surface area contributed by atoms with E-state index in [0.717, 1.165) is 25.2 Å². The van der Waals surface area contributed by atoms with Crippen LogP contribution < -0.4 is 5.32 Å². The normalized spacial score (nSPS) is 12.8. The van der Waals surface area contributed by atoms with Gasteiger partial charge in [-0.25, -0.2) is 4.98 Å². The zero-order chi connectivity index (χ0) is 12.8. The Morgan fingerprint density at radius 1 is 1.53 bits per heavy atom. The van der Waals surface area contributed by atoms with Crippen LogP contribution in [0.1, 0.15) is 36.7 Å². The molecule has 0 radical (unpaired) electrons. The Bertz CT molecular complexity index is 360. The van der Waals surface area contributed by atoms with Crippen molar-refractivity contribution in [1.29, 1.82) is 0 Å². The lowest BCUT2D eigenvalue weighted by Crippen LogP contribution is -2.39. The number of hydrogen-bond acceptors (Lipinski definition) is 4. The van der Waals surface area contributed by atoms with Crippen LogP contribution in [-0.4, -0.2) is 52.7 Å². The average Bonchev–Trinajstić information content (AvgIpc) is 2.65. The first-order valence-electron chi connectivity index (χ1n) is 5.89. The highest BCUT2D eigenvalue weighted by molar-refractivity contribution is 5.90. The largest absolute Gasteiger partial charge is 0.346 e. The Hall–Kier alpha value is -1.43. The standard InChI is InChI=1S/C11H21N5O/c1-5-6-9-13-10(15-14-9)11(17)12-8(2)7-16(3)4/h8H,5-7H2,1-4H3,(H,12,17)(H,13,14,15). The van der Waals surface area contributed by atoms with Crippen molar-refractivity contribution in [3.8, 4) is 0 Å². The molecule has 0 aliphatic heterocycles. The van der Waals surface area contributed by atoms with Crippen molar-refractivity contribution >= 4 is 5.91 Å². The second kappa shape index (κ2) is 6.34. The minimum Gasteiger partial charge on any atom is -0.346 e. The number of nitrogens with one attached hydrogen (secondary N) is 2. The molecule has 1 rings (SSSR count). The molecule has 1 heterocycles. The predicted octanol–water partition coefficient (Wildman–Crippen LogP) is 0.437. The van der Waals surface area contributed by atoms with E-state index >= 15 is 0 Å². The Morgan fingerprint density at radius 2 is 2.24 bits per heavy atom. The Balaban J connectivity index is 2.51. The lowest BCUT2D eigenvalue weighted by Gasteiger charge is -2.17. The number of aromatic amines is 1. The van der Waals surface area contributed by atoms with Gasteiger partial charge in [0.05, 0.1) is 0 Å². The fourth-order valence-electron chi connectivity index (χ4n) is 1.63. The van der Waals surface area contributed by atoms with Gasteiger partial charge in [0, 0.05) is 19.0 Å². The third kappa shape index (κ3) is 4.52. The summed E-state index contributed by atoms with van der Waals surface area (Å²) in [6.07, 6.45) is 1.79. The van der Waals surface area contributed by atoms with Gasteiger partial charge in [-0.15, -0.1) is 5.10 Å². The molecule has 0 saturated carbocycles. The summed E-state index contributed by atoms with van der Waals surface area (Å²) < 4.78 is 0. The van der Waals surface area contributed by atoms with Crippen LogP contribution in [0.3, 0.4) is 0 Å². The predicted molar refractivity (Wildman–Crippen MR) is 65.9 cm³/mol. The SMILES string of the molecule is CCCc1nc(C(=O)NC(C)CN(C)C)n[nH]1. The van der Waals surface area contributed by atoms with Gasteiger partial charge in [0.25, 0.3) is 5.91 Å². The molecular weight excluding hydrogens is 218 g/mol. The van der Waals surface area contributed by atoms with Crippen LogP contribution in [0, 0.1) is 0 Å². The van der Waals surface area contributed by atoms with Gasteiger partial charge in [-0.2, -0.15) is 0 Å². The van der Waals surface area contributed by atoms with Gasteiger partial charge in [0.1, 0.15) is 5.82 Å². The highest BCUT2D eigenvalue weighted by Crippen LogP contribution is 1.97. The highest BCUT2D eigenvalue weighted by Gasteiger charge is 2.14. The van der Waals surface area contributed by atoms with E-state index in [4.69, 9.17) is 0 Å². The van der Waals surface area contributed by atoms with Gasteiger partial charge in [0.15, 0.2) is 0 Å². The number of carbonyl (C=O) groups is 1. The maximum atomic E-state index is 11.8. The summed E-state index contributed by atoms with van der Waals surface area (Å²) in [5.74, 6) is 0.759. The molecule has 2 N–H and O–H groups in total. The molecule has 17 heavy (non-hydrogen) atoms. The summed E-state index contributed by atoms with van der Waals surface area (Å²) in [5, 5.41) is 9.53. The molecule has 1 amide bonds. The van der Waals surface area contributed by atoms with Crippen LogP contribution in [0.15, 0.2) is 0 Å². The topological polar surface area (TPSA) is 73.9 Å². The van der Waals surface area contributed by atoms with Gasteiger partial charge in [-0.05, 0) is 27.4 Å². The molecule has 0 fully saturated rings. The lowest BCUT2D eigenvalue weighted by molar-refractivity contribution is 0.0924. The zero-order valence-electron chi connectivity index (χ0n) is 10.9. The third-order valence-corrected chi connectivity index (χ3v) is 2.24. The number of likely N-dealkylation sites (N-methyl/N-ethyl adjacent to an activating group) is 1. The molecular formula is C11H21N5O. The molecule has 0 aliphatic carbocycles. The molecule has 0 aliphatic rings. The first-order valence-corrected chi connectivity index (χ1v) is 5.89. The fraction of sp³-hybridized carbons (Fsp3) is 0.727. The number of amides is 1. The van der Waals surface area contributed by atoms with Crippen LogP contribution in [0.4, 0.5) is 0 Å². The molecule has 1 aromatic rings. The Labute approximate surface area is 102 Å². The van der Waals surface area contributed by atoms with E-state index in [-0.39, 0.29) is 17.8 Å². The second-order valence-electron chi connectivity index (χ2n) is 4.49. The molecule has 96 valence electrons. The number of nitrogens with zero attached hydrogens (tertiary/aromatic N) is 3.